The molecule has 1 aromatic heterocycles. The first kappa shape index (κ1) is 18.8. The third-order valence-corrected chi connectivity index (χ3v) is 5.58. The molecule has 6 nitrogen and oxygen atoms in total. The molecule has 9 heteroatoms. The van der Waals surface area contributed by atoms with Crippen LogP contribution < -0.4 is 15.7 Å². The van der Waals surface area contributed by atoms with E-state index in [1.807, 2.05) is 19.6 Å². The lowest BCUT2D eigenvalue weighted by Crippen LogP contribution is -2.40. The maximum atomic E-state index is 14.6. The number of carbonyl (C=O) groups excluding carboxylic acids is 1. The van der Waals surface area contributed by atoms with Crippen LogP contribution in [0.2, 0.25) is 19.6 Å². The van der Waals surface area contributed by atoms with Crippen molar-refractivity contribution in [1.29, 1.82) is 0 Å². The van der Waals surface area contributed by atoms with Gasteiger partial charge < -0.3 is 15.2 Å². The van der Waals surface area contributed by atoms with Gasteiger partial charge in [-0.3, -0.25) is 0 Å². The number of benzene rings is 1. The van der Waals surface area contributed by atoms with Gasteiger partial charge in [0.2, 0.25) is 0 Å². The molecule has 2 N–H and O–H groups in total. The smallest absolute Gasteiger partial charge is 0.360 e. The number of nitrogens with two attached hydrogens (primary N) is 1. The summed E-state index contributed by atoms with van der Waals surface area (Å²) in [4.78, 5) is 19.7. The standard InChI is InChI=1S/C16H19F2N3O3Si/c1-23-13-12(16(22)24-2)20-15(21-14(13)19)8-6-10(18)11(7-9(8)17)25(3,4)5/h6-7H,1-5H3,(H2,19,20,21). The number of ether oxygens (including phenoxy) is 2. The van der Waals surface area contributed by atoms with Crippen LogP contribution >= 0.6 is 0 Å². The molecular formula is C16H19F2N3O3Si. The third kappa shape index (κ3) is 3.60. The Hall–Kier alpha value is -2.55. The average Bonchev–Trinajstić information content (AvgIpc) is 2.54. The monoisotopic (exact) mass is 367 g/mol. The first-order valence-electron chi connectivity index (χ1n) is 7.39. The summed E-state index contributed by atoms with van der Waals surface area (Å²) in [7, 11) is 0.369. The zero-order chi connectivity index (χ0) is 18.9. The number of carbonyl (C=O) groups is 1. The SMILES string of the molecule is COC(=O)c1nc(-c2cc(F)c([Si](C)(C)C)cc2F)nc(N)c1OC. The van der Waals surface area contributed by atoms with E-state index < -0.39 is 25.7 Å². The number of halogens is 2. The van der Waals surface area contributed by atoms with Crippen molar-refractivity contribution in [3.63, 3.8) is 0 Å². The molecule has 0 aliphatic rings. The molecule has 0 atom stereocenters. The highest BCUT2D eigenvalue weighted by Gasteiger charge is 2.26. The highest BCUT2D eigenvalue weighted by atomic mass is 28.3. The van der Waals surface area contributed by atoms with E-state index in [-0.39, 0.29) is 28.6 Å². The zero-order valence-corrected chi connectivity index (χ0v) is 15.6. The van der Waals surface area contributed by atoms with Crippen LogP contribution in [0.4, 0.5) is 14.6 Å². The minimum Gasteiger partial charge on any atom is -0.491 e. The molecule has 25 heavy (non-hydrogen) atoms. The molecule has 1 heterocycles. The molecule has 2 aromatic rings. The number of nitrogen functional groups attached to an aromatic ring is 1. The summed E-state index contributed by atoms with van der Waals surface area (Å²) in [6, 6.07) is 2.17. The van der Waals surface area contributed by atoms with Crippen LogP contribution in [0.1, 0.15) is 10.5 Å². The Morgan fingerprint density at radius 1 is 1.12 bits per heavy atom. The molecule has 0 fully saturated rings. The van der Waals surface area contributed by atoms with Gasteiger partial charge >= 0.3 is 5.97 Å². The summed E-state index contributed by atoms with van der Waals surface area (Å²) in [5, 5.41) is 0.350. The Morgan fingerprint density at radius 3 is 2.28 bits per heavy atom. The number of esters is 1. The molecular weight excluding hydrogens is 348 g/mol. The maximum Gasteiger partial charge on any atom is 0.360 e. The lowest BCUT2D eigenvalue weighted by Gasteiger charge is -2.18. The molecule has 0 amide bonds. The third-order valence-electron chi connectivity index (χ3n) is 3.58. The quantitative estimate of drug-likeness (QED) is 0.659. The number of methoxy groups -OCH3 is 2. The lowest BCUT2D eigenvalue weighted by molar-refractivity contribution is 0.0590. The summed E-state index contributed by atoms with van der Waals surface area (Å²) in [6.45, 7) is 5.71. The molecule has 1 aromatic carbocycles. The summed E-state index contributed by atoms with van der Waals surface area (Å²) in [5.41, 5.74) is 5.30. The van der Waals surface area contributed by atoms with E-state index in [1.165, 1.54) is 7.11 Å². The van der Waals surface area contributed by atoms with Gasteiger partial charge in [0.15, 0.2) is 23.1 Å². The number of hydrogen-bond donors (Lipinski definition) is 1. The number of nitrogens with zero attached hydrogens (tertiary/aromatic N) is 2. The van der Waals surface area contributed by atoms with Crippen molar-refractivity contribution in [1.82, 2.24) is 9.97 Å². The first-order chi connectivity index (χ1) is 11.6. The lowest BCUT2D eigenvalue weighted by atomic mass is 10.2. The largest absolute Gasteiger partial charge is 0.491 e. The summed E-state index contributed by atoms with van der Waals surface area (Å²) >= 11 is 0. The van der Waals surface area contributed by atoms with E-state index in [0.717, 1.165) is 19.2 Å². The van der Waals surface area contributed by atoms with E-state index >= 15 is 0 Å². The van der Waals surface area contributed by atoms with Crippen LogP contribution in [-0.4, -0.2) is 38.2 Å². The van der Waals surface area contributed by atoms with Gasteiger partial charge in [0.25, 0.3) is 0 Å². The van der Waals surface area contributed by atoms with Crippen LogP contribution in [0, 0.1) is 11.6 Å². The zero-order valence-electron chi connectivity index (χ0n) is 14.6. The van der Waals surface area contributed by atoms with E-state index in [0.29, 0.717) is 5.19 Å². The van der Waals surface area contributed by atoms with Gasteiger partial charge in [0, 0.05) is 0 Å². The predicted octanol–water partition coefficient (Wildman–Crippen LogP) is 2.34. The van der Waals surface area contributed by atoms with E-state index in [9.17, 15) is 13.6 Å². The minimum absolute atomic E-state index is 0.0878. The topological polar surface area (TPSA) is 87.3 Å². The van der Waals surface area contributed by atoms with Crippen molar-refractivity contribution in [2.24, 2.45) is 0 Å². The van der Waals surface area contributed by atoms with Crippen LogP contribution in [-0.2, 0) is 4.74 Å². The highest BCUT2D eigenvalue weighted by molar-refractivity contribution is 6.88. The van der Waals surface area contributed by atoms with Crippen molar-refractivity contribution in [3.8, 4) is 17.1 Å². The second-order valence-corrected chi connectivity index (χ2v) is 11.4. The Balaban J connectivity index is 2.69. The van der Waals surface area contributed by atoms with Gasteiger partial charge in [-0.25, -0.2) is 23.5 Å². The molecule has 0 aliphatic carbocycles. The number of hydrogen-bond acceptors (Lipinski definition) is 6. The van der Waals surface area contributed by atoms with Crippen LogP contribution in [0.5, 0.6) is 5.75 Å². The van der Waals surface area contributed by atoms with Crippen molar-refractivity contribution >= 4 is 25.0 Å². The molecule has 0 bridgehead atoms. The van der Waals surface area contributed by atoms with Crippen molar-refractivity contribution in [2.75, 3.05) is 20.0 Å². The molecule has 134 valence electrons. The Bertz CT molecular complexity index is 838. The van der Waals surface area contributed by atoms with Gasteiger partial charge in [-0.2, -0.15) is 0 Å². The normalized spacial score (nSPS) is 11.3. The molecule has 0 saturated carbocycles. The Kier molecular flexibility index (Phi) is 5.07. The Morgan fingerprint density at radius 2 is 1.76 bits per heavy atom. The summed E-state index contributed by atoms with van der Waals surface area (Å²) < 4.78 is 38.6. The average molecular weight is 367 g/mol. The van der Waals surface area contributed by atoms with E-state index in [4.69, 9.17) is 10.5 Å². The van der Waals surface area contributed by atoms with E-state index in [2.05, 4.69) is 14.7 Å². The molecule has 2 rings (SSSR count). The summed E-state index contributed by atoms with van der Waals surface area (Å²) in [6.07, 6.45) is 0. The van der Waals surface area contributed by atoms with Crippen LogP contribution in [0.3, 0.4) is 0 Å². The van der Waals surface area contributed by atoms with Gasteiger partial charge in [0.1, 0.15) is 11.6 Å². The van der Waals surface area contributed by atoms with Crippen molar-refractivity contribution in [2.45, 2.75) is 19.6 Å². The fourth-order valence-electron chi connectivity index (χ4n) is 2.32. The van der Waals surface area contributed by atoms with Gasteiger partial charge in [-0.05, 0) is 17.3 Å². The maximum absolute atomic E-state index is 14.6. The van der Waals surface area contributed by atoms with Crippen LogP contribution in [0.25, 0.3) is 11.4 Å². The number of aromatic nitrogens is 2. The fraction of sp³-hybridized carbons (Fsp3) is 0.312. The second kappa shape index (κ2) is 6.75. The fourth-order valence-corrected chi connectivity index (χ4v) is 3.67. The van der Waals surface area contributed by atoms with E-state index in [1.54, 1.807) is 0 Å². The number of rotatable bonds is 4. The van der Waals surface area contributed by atoms with Gasteiger partial charge in [-0.15, -0.1) is 0 Å². The molecule has 0 spiro atoms. The predicted molar refractivity (Wildman–Crippen MR) is 92.7 cm³/mol. The molecule has 0 aliphatic heterocycles. The Labute approximate surface area is 145 Å². The highest BCUT2D eigenvalue weighted by Crippen LogP contribution is 2.29. The van der Waals surface area contributed by atoms with Crippen molar-refractivity contribution < 1.29 is 23.0 Å². The first-order valence-corrected chi connectivity index (χ1v) is 10.9. The number of anilines is 1. The molecule has 0 saturated heterocycles. The molecule has 0 unspecified atom stereocenters. The van der Waals surface area contributed by atoms with Gasteiger partial charge in [-0.1, -0.05) is 19.6 Å². The minimum atomic E-state index is -2.07. The van der Waals surface area contributed by atoms with Crippen LogP contribution in [0.15, 0.2) is 12.1 Å². The summed E-state index contributed by atoms with van der Waals surface area (Å²) in [5.74, 6) is -2.56. The van der Waals surface area contributed by atoms with Gasteiger partial charge in [0.05, 0.1) is 27.9 Å². The van der Waals surface area contributed by atoms with Crippen molar-refractivity contribution in [3.05, 3.63) is 29.5 Å². The molecule has 0 radical (unpaired) electrons. The second-order valence-electron chi connectivity index (χ2n) is 6.37.